The lowest BCUT2D eigenvalue weighted by molar-refractivity contribution is -0.870. The number of likely N-dealkylation sites (tertiary alicyclic amines) is 1. The van der Waals surface area contributed by atoms with Gasteiger partial charge in [-0.1, -0.05) is 13.3 Å². The SMILES string of the molecule is CCCCN(CCCC[N+](C)(C)C)C(=O)CN1CC(c2cc(OC)c3c(c2)OCO3)C(C(=O)O)C1CCN1CCN(C)C1=O. The zero-order valence-electron chi connectivity index (χ0n) is 27.4. The molecule has 3 aliphatic heterocycles. The molecule has 0 aliphatic carbocycles. The van der Waals surface area contributed by atoms with Gasteiger partial charge in [0.1, 0.15) is 0 Å². The maximum absolute atomic E-state index is 13.9. The molecule has 2 fully saturated rings. The number of amides is 3. The fourth-order valence-corrected chi connectivity index (χ4v) is 6.63. The van der Waals surface area contributed by atoms with Crippen LogP contribution >= 0.6 is 0 Å². The van der Waals surface area contributed by atoms with Crippen molar-refractivity contribution in [3.05, 3.63) is 17.7 Å². The number of unbranched alkanes of at least 4 members (excludes halogenated alkanes) is 2. The highest BCUT2D eigenvalue weighted by Crippen LogP contribution is 2.47. The van der Waals surface area contributed by atoms with Crippen LogP contribution in [0.2, 0.25) is 0 Å². The highest BCUT2D eigenvalue weighted by molar-refractivity contribution is 5.79. The van der Waals surface area contributed by atoms with Crippen molar-refractivity contribution >= 4 is 17.9 Å². The number of carboxylic acids is 1. The van der Waals surface area contributed by atoms with Crippen LogP contribution in [0, 0.1) is 5.92 Å². The van der Waals surface area contributed by atoms with Gasteiger partial charge in [-0.3, -0.25) is 14.5 Å². The van der Waals surface area contributed by atoms with Gasteiger partial charge in [-0.05, 0) is 43.4 Å². The molecule has 1 aromatic rings. The van der Waals surface area contributed by atoms with Crippen LogP contribution in [0.3, 0.4) is 0 Å². The first-order valence-electron chi connectivity index (χ1n) is 16.0. The summed E-state index contributed by atoms with van der Waals surface area (Å²) in [6.45, 7) is 6.84. The van der Waals surface area contributed by atoms with Crippen LogP contribution in [0.25, 0.3) is 0 Å². The number of ether oxygens (including phenoxy) is 3. The molecule has 1 aromatic carbocycles. The summed E-state index contributed by atoms with van der Waals surface area (Å²) in [6.07, 6.45) is 4.32. The van der Waals surface area contributed by atoms with Crippen molar-refractivity contribution < 1.29 is 38.2 Å². The molecule has 3 amide bonds. The lowest BCUT2D eigenvalue weighted by atomic mass is 9.84. The van der Waals surface area contributed by atoms with Gasteiger partial charge in [-0.25, -0.2) is 4.79 Å². The normalized spacial score (nSPS) is 21.8. The van der Waals surface area contributed by atoms with E-state index < -0.39 is 23.8 Å². The fourth-order valence-electron chi connectivity index (χ4n) is 6.63. The molecule has 1 N–H and O–H groups in total. The average molecular weight is 619 g/mol. The molecule has 246 valence electrons. The summed E-state index contributed by atoms with van der Waals surface area (Å²) in [5, 5.41) is 10.6. The first kappa shape index (κ1) is 33.6. The predicted molar refractivity (Wildman–Crippen MR) is 166 cm³/mol. The van der Waals surface area contributed by atoms with Gasteiger partial charge >= 0.3 is 12.0 Å². The summed E-state index contributed by atoms with van der Waals surface area (Å²) < 4.78 is 17.7. The summed E-state index contributed by atoms with van der Waals surface area (Å²) in [5.41, 5.74) is 0.776. The van der Waals surface area contributed by atoms with Crippen LogP contribution in [0.5, 0.6) is 17.2 Å². The molecule has 2 saturated heterocycles. The van der Waals surface area contributed by atoms with Gasteiger partial charge in [0.2, 0.25) is 18.4 Å². The lowest BCUT2D eigenvalue weighted by Crippen LogP contribution is -2.46. The molecule has 44 heavy (non-hydrogen) atoms. The fraction of sp³-hybridized carbons (Fsp3) is 0.719. The van der Waals surface area contributed by atoms with Crippen molar-refractivity contribution in [1.82, 2.24) is 19.6 Å². The third-order valence-corrected chi connectivity index (χ3v) is 9.12. The summed E-state index contributed by atoms with van der Waals surface area (Å²) in [4.78, 5) is 46.9. The standard InChI is InChI=1S/C32H51N5O7/c1-7-8-12-34(13-9-10-17-37(3,4)5)28(38)21-36-20-24(23-18-26(42-6)30-27(19-23)43-22-44-30)29(31(39)40)25(36)11-14-35-16-15-33(2)32(35)41/h18-19,24-25,29H,7-17,20-22H2,1-6H3/p+1. The molecule has 12 nitrogen and oxygen atoms in total. The number of quaternary nitrogens is 1. The Hall–Kier alpha value is -3.25. The van der Waals surface area contributed by atoms with Crippen molar-refractivity contribution in [2.24, 2.45) is 5.92 Å². The van der Waals surface area contributed by atoms with Gasteiger partial charge in [-0.2, -0.15) is 0 Å². The van der Waals surface area contributed by atoms with Gasteiger partial charge in [0.15, 0.2) is 11.5 Å². The van der Waals surface area contributed by atoms with E-state index in [4.69, 9.17) is 14.2 Å². The van der Waals surface area contributed by atoms with Gasteiger partial charge in [0.05, 0.1) is 47.3 Å². The quantitative estimate of drug-likeness (QED) is 0.223. The van der Waals surface area contributed by atoms with E-state index in [9.17, 15) is 19.5 Å². The number of hydrogen-bond acceptors (Lipinski definition) is 7. The van der Waals surface area contributed by atoms with E-state index in [2.05, 4.69) is 28.1 Å². The summed E-state index contributed by atoms with van der Waals surface area (Å²) in [5.74, 6) is -0.539. The molecule has 4 rings (SSSR count). The van der Waals surface area contributed by atoms with Crippen LogP contribution in [0.15, 0.2) is 12.1 Å². The molecule has 0 radical (unpaired) electrons. The first-order chi connectivity index (χ1) is 20.9. The Balaban J connectivity index is 1.58. The number of benzene rings is 1. The van der Waals surface area contributed by atoms with Gasteiger partial charge in [0, 0.05) is 58.3 Å². The number of hydrogen-bond donors (Lipinski definition) is 1. The third kappa shape index (κ3) is 8.06. The lowest BCUT2D eigenvalue weighted by Gasteiger charge is -2.31. The average Bonchev–Trinajstić information content (AvgIpc) is 3.68. The zero-order chi connectivity index (χ0) is 32.0. The Labute approximate surface area is 262 Å². The number of likely N-dealkylation sites (N-methyl/N-ethyl adjacent to an activating group) is 1. The Morgan fingerprint density at radius 1 is 1.11 bits per heavy atom. The Bertz CT molecular complexity index is 1170. The van der Waals surface area contributed by atoms with E-state index in [-0.39, 0.29) is 25.3 Å². The van der Waals surface area contributed by atoms with Crippen LogP contribution in [-0.4, -0.2) is 148 Å². The second-order valence-corrected chi connectivity index (χ2v) is 13.4. The van der Waals surface area contributed by atoms with E-state index in [0.29, 0.717) is 62.9 Å². The molecule has 0 aromatic heterocycles. The minimum absolute atomic E-state index is 0.0266. The predicted octanol–water partition coefficient (Wildman–Crippen LogP) is 2.77. The van der Waals surface area contributed by atoms with E-state index in [1.54, 1.807) is 24.0 Å². The Morgan fingerprint density at radius 2 is 1.86 bits per heavy atom. The van der Waals surface area contributed by atoms with Crippen molar-refractivity contribution in [3.63, 3.8) is 0 Å². The van der Waals surface area contributed by atoms with Crippen molar-refractivity contribution in [1.29, 1.82) is 0 Å². The Kier molecular flexibility index (Phi) is 11.2. The number of fused-ring (bicyclic) bond motifs is 1. The molecule has 3 atom stereocenters. The van der Waals surface area contributed by atoms with Crippen molar-refractivity contribution in [3.8, 4) is 17.2 Å². The van der Waals surface area contributed by atoms with E-state index in [1.807, 2.05) is 21.9 Å². The van der Waals surface area contributed by atoms with Crippen LogP contribution in [0.4, 0.5) is 4.79 Å². The number of carbonyl (C=O) groups excluding carboxylic acids is 2. The van der Waals surface area contributed by atoms with Crippen molar-refractivity contribution in [2.45, 2.75) is 51.0 Å². The largest absolute Gasteiger partial charge is 0.493 e. The molecule has 0 saturated carbocycles. The number of nitrogens with zero attached hydrogens (tertiary/aromatic N) is 5. The molecule has 0 bridgehead atoms. The Morgan fingerprint density at radius 3 is 2.50 bits per heavy atom. The topological polar surface area (TPSA) is 112 Å². The molecule has 12 heteroatoms. The molecular formula is C32H52N5O7+. The molecule has 0 spiro atoms. The highest BCUT2D eigenvalue weighted by atomic mass is 16.7. The van der Waals surface area contributed by atoms with E-state index in [0.717, 1.165) is 42.3 Å². The number of aliphatic carboxylic acids is 1. The third-order valence-electron chi connectivity index (χ3n) is 9.12. The number of methoxy groups -OCH3 is 1. The van der Waals surface area contributed by atoms with E-state index in [1.165, 1.54) is 0 Å². The summed E-state index contributed by atoms with van der Waals surface area (Å²) >= 11 is 0. The van der Waals surface area contributed by atoms with Gasteiger partial charge < -0.3 is 38.5 Å². The second kappa shape index (κ2) is 14.7. The summed E-state index contributed by atoms with van der Waals surface area (Å²) in [6, 6.07) is 3.20. The molecular weight excluding hydrogens is 566 g/mol. The van der Waals surface area contributed by atoms with Gasteiger partial charge in [-0.15, -0.1) is 0 Å². The number of carboxylic acid groups (broad SMARTS) is 1. The zero-order valence-corrected chi connectivity index (χ0v) is 27.4. The molecule has 3 heterocycles. The molecule has 3 unspecified atom stereocenters. The summed E-state index contributed by atoms with van der Waals surface area (Å²) in [7, 11) is 9.84. The van der Waals surface area contributed by atoms with Crippen LogP contribution < -0.4 is 14.2 Å². The minimum Gasteiger partial charge on any atom is -0.493 e. The molecule has 3 aliphatic rings. The number of urea groups is 1. The van der Waals surface area contributed by atoms with E-state index >= 15 is 0 Å². The second-order valence-electron chi connectivity index (χ2n) is 13.4. The minimum atomic E-state index is -0.917. The maximum atomic E-state index is 13.9. The van der Waals surface area contributed by atoms with Crippen LogP contribution in [0.1, 0.15) is 50.5 Å². The number of rotatable bonds is 16. The number of carbonyl (C=O) groups is 3. The smallest absolute Gasteiger partial charge is 0.319 e. The van der Waals surface area contributed by atoms with Crippen LogP contribution in [-0.2, 0) is 9.59 Å². The van der Waals surface area contributed by atoms with Gasteiger partial charge in [0.25, 0.3) is 0 Å². The first-order valence-corrected chi connectivity index (χ1v) is 16.0. The highest BCUT2D eigenvalue weighted by Gasteiger charge is 2.48. The maximum Gasteiger partial charge on any atom is 0.319 e. The monoisotopic (exact) mass is 618 g/mol. The van der Waals surface area contributed by atoms with Crippen molar-refractivity contribution in [2.75, 3.05) is 94.5 Å².